The van der Waals surface area contributed by atoms with Gasteiger partial charge >= 0.3 is 0 Å². The summed E-state index contributed by atoms with van der Waals surface area (Å²) in [6.07, 6.45) is 2.86. The Bertz CT molecular complexity index is 645. The van der Waals surface area contributed by atoms with Crippen molar-refractivity contribution in [2.45, 2.75) is 39.2 Å². The molecule has 0 radical (unpaired) electrons. The number of carbonyl (C=O) groups excluding carboxylic acids is 1. The number of amides is 1. The fraction of sp³-hybridized carbons (Fsp3) is 0.556. The molecule has 4 nitrogen and oxygen atoms in total. The SMILES string of the molecule is Cc1nc(CC(=O)NCC(c2cccs2)N2CCC(C)CC2)cs1. The van der Waals surface area contributed by atoms with Crippen molar-refractivity contribution >= 4 is 28.6 Å². The Morgan fingerprint density at radius 1 is 1.42 bits per heavy atom. The Kier molecular flexibility index (Phi) is 6.03. The topological polar surface area (TPSA) is 45.2 Å². The molecule has 2 aromatic rings. The normalized spacial score (nSPS) is 17.8. The highest BCUT2D eigenvalue weighted by Gasteiger charge is 2.25. The van der Waals surface area contributed by atoms with Crippen LogP contribution in [0.5, 0.6) is 0 Å². The molecule has 0 spiro atoms. The Labute approximate surface area is 151 Å². The maximum absolute atomic E-state index is 12.3. The number of aromatic nitrogens is 1. The highest BCUT2D eigenvalue weighted by molar-refractivity contribution is 7.10. The molecule has 2 aromatic heterocycles. The minimum atomic E-state index is 0.0623. The molecule has 1 fully saturated rings. The predicted octanol–water partition coefficient (Wildman–Crippen LogP) is 3.64. The second kappa shape index (κ2) is 8.23. The lowest BCUT2D eigenvalue weighted by molar-refractivity contribution is -0.120. The summed E-state index contributed by atoms with van der Waals surface area (Å²) in [5, 5.41) is 8.23. The molecule has 1 atom stereocenters. The molecule has 1 aliphatic heterocycles. The average molecular weight is 364 g/mol. The van der Waals surface area contributed by atoms with Crippen molar-refractivity contribution in [1.82, 2.24) is 15.2 Å². The fourth-order valence-corrected chi connectivity index (χ4v) is 4.63. The minimum Gasteiger partial charge on any atom is -0.354 e. The van der Waals surface area contributed by atoms with Crippen LogP contribution in [0.15, 0.2) is 22.9 Å². The van der Waals surface area contributed by atoms with Gasteiger partial charge in [-0.3, -0.25) is 9.69 Å². The number of thiazole rings is 1. The molecular formula is C18H25N3OS2. The van der Waals surface area contributed by atoms with Crippen LogP contribution in [0.4, 0.5) is 0 Å². The van der Waals surface area contributed by atoms with Crippen LogP contribution in [0, 0.1) is 12.8 Å². The molecule has 0 aliphatic carbocycles. The maximum Gasteiger partial charge on any atom is 0.226 e. The Balaban J connectivity index is 1.58. The Morgan fingerprint density at radius 3 is 2.83 bits per heavy atom. The lowest BCUT2D eigenvalue weighted by atomic mass is 9.97. The molecule has 1 N–H and O–H groups in total. The molecule has 3 rings (SSSR count). The third-order valence-corrected chi connectivity index (χ3v) is 6.43. The number of hydrogen-bond donors (Lipinski definition) is 1. The number of thiophene rings is 1. The number of piperidine rings is 1. The van der Waals surface area contributed by atoms with Crippen LogP contribution in [0.1, 0.15) is 41.4 Å². The highest BCUT2D eigenvalue weighted by Crippen LogP contribution is 2.29. The first kappa shape index (κ1) is 17.6. The van der Waals surface area contributed by atoms with Crippen LogP contribution in [-0.2, 0) is 11.2 Å². The summed E-state index contributed by atoms with van der Waals surface area (Å²) in [6.45, 7) is 7.21. The van der Waals surface area contributed by atoms with Gasteiger partial charge < -0.3 is 5.32 Å². The van der Waals surface area contributed by atoms with E-state index in [4.69, 9.17) is 0 Å². The van der Waals surface area contributed by atoms with Gasteiger partial charge in [0.05, 0.1) is 23.2 Å². The van der Waals surface area contributed by atoms with E-state index in [0.717, 1.165) is 29.7 Å². The third kappa shape index (κ3) is 4.65. The van der Waals surface area contributed by atoms with Gasteiger partial charge in [-0.2, -0.15) is 0 Å². The van der Waals surface area contributed by atoms with Gasteiger partial charge in [0.1, 0.15) is 0 Å². The van der Waals surface area contributed by atoms with Crippen LogP contribution >= 0.6 is 22.7 Å². The molecule has 6 heteroatoms. The van der Waals surface area contributed by atoms with Crippen LogP contribution in [0.2, 0.25) is 0 Å². The zero-order chi connectivity index (χ0) is 16.9. The van der Waals surface area contributed by atoms with Crippen molar-refractivity contribution in [3.05, 3.63) is 38.5 Å². The molecule has 1 aliphatic rings. The lowest BCUT2D eigenvalue weighted by Gasteiger charge is -2.36. The van der Waals surface area contributed by atoms with E-state index in [1.54, 1.807) is 22.7 Å². The summed E-state index contributed by atoms with van der Waals surface area (Å²) in [7, 11) is 0. The second-order valence-electron chi connectivity index (χ2n) is 6.59. The van der Waals surface area contributed by atoms with E-state index in [1.165, 1.54) is 17.7 Å². The first-order valence-corrected chi connectivity index (χ1v) is 10.3. The summed E-state index contributed by atoms with van der Waals surface area (Å²) in [5.74, 6) is 0.875. The number of aryl methyl sites for hydroxylation is 1. The molecule has 24 heavy (non-hydrogen) atoms. The zero-order valence-electron chi connectivity index (χ0n) is 14.3. The summed E-state index contributed by atoms with van der Waals surface area (Å²) < 4.78 is 0. The maximum atomic E-state index is 12.3. The van der Waals surface area contributed by atoms with E-state index in [2.05, 4.69) is 39.6 Å². The van der Waals surface area contributed by atoms with E-state index >= 15 is 0 Å². The number of carbonyl (C=O) groups is 1. The quantitative estimate of drug-likeness (QED) is 0.852. The number of nitrogens with zero attached hydrogens (tertiary/aromatic N) is 2. The largest absolute Gasteiger partial charge is 0.354 e. The average Bonchev–Trinajstić information content (AvgIpc) is 3.21. The minimum absolute atomic E-state index is 0.0623. The predicted molar refractivity (Wildman–Crippen MR) is 101 cm³/mol. The first-order chi connectivity index (χ1) is 11.6. The smallest absolute Gasteiger partial charge is 0.226 e. The van der Waals surface area contributed by atoms with E-state index < -0.39 is 0 Å². The first-order valence-electron chi connectivity index (χ1n) is 8.57. The van der Waals surface area contributed by atoms with Crippen molar-refractivity contribution < 1.29 is 4.79 Å². The van der Waals surface area contributed by atoms with Crippen LogP contribution < -0.4 is 5.32 Å². The molecule has 1 unspecified atom stereocenters. The molecule has 3 heterocycles. The van der Waals surface area contributed by atoms with Crippen LogP contribution in [-0.4, -0.2) is 35.4 Å². The molecule has 0 saturated carbocycles. The number of likely N-dealkylation sites (tertiary alicyclic amines) is 1. The highest BCUT2D eigenvalue weighted by atomic mass is 32.1. The van der Waals surface area contributed by atoms with E-state index in [-0.39, 0.29) is 5.91 Å². The van der Waals surface area contributed by atoms with E-state index in [1.807, 2.05) is 12.3 Å². The number of nitrogens with one attached hydrogen (secondary N) is 1. The zero-order valence-corrected chi connectivity index (χ0v) is 16.0. The van der Waals surface area contributed by atoms with Crippen molar-refractivity contribution in [2.75, 3.05) is 19.6 Å². The number of hydrogen-bond acceptors (Lipinski definition) is 5. The van der Waals surface area contributed by atoms with Crippen LogP contribution in [0.3, 0.4) is 0 Å². The van der Waals surface area contributed by atoms with Crippen molar-refractivity contribution in [3.8, 4) is 0 Å². The molecular weight excluding hydrogens is 338 g/mol. The number of rotatable bonds is 6. The summed E-state index contributed by atoms with van der Waals surface area (Å²) >= 11 is 3.37. The Morgan fingerprint density at radius 2 is 2.21 bits per heavy atom. The molecule has 0 aromatic carbocycles. The summed E-state index contributed by atoms with van der Waals surface area (Å²) in [5.41, 5.74) is 0.870. The van der Waals surface area contributed by atoms with E-state index in [0.29, 0.717) is 19.0 Å². The van der Waals surface area contributed by atoms with Gasteiger partial charge in [0, 0.05) is 16.8 Å². The molecule has 0 bridgehead atoms. The van der Waals surface area contributed by atoms with Gasteiger partial charge in [0.15, 0.2) is 0 Å². The summed E-state index contributed by atoms with van der Waals surface area (Å²) in [4.78, 5) is 20.5. The Hall–Kier alpha value is -1.24. The van der Waals surface area contributed by atoms with Crippen LogP contribution in [0.25, 0.3) is 0 Å². The third-order valence-electron chi connectivity index (χ3n) is 4.63. The van der Waals surface area contributed by atoms with Crippen molar-refractivity contribution in [3.63, 3.8) is 0 Å². The second-order valence-corrected chi connectivity index (χ2v) is 8.63. The standard InChI is InChI=1S/C18H25N3OS2/c1-13-5-7-21(8-6-13)16(17-4-3-9-23-17)11-19-18(22)10-15-12-24-14(2)20-15/h3-4,9,12-13,16H,5-8,10-11H2,1-2H3,(H,19,22). The van der Waals surface area contributed by atoms with Gasteiger partial charge in [-0.25, -0.2) is 4.98 Å². The monoisotopic (exact) mass is 363 g/mol. The van der Waals surface area contributed by atoms with Gasteiger partial charge in [0.25, 0.3) is 0 Å². The van der Waals surface area contributed by atoms with Gasteiger partial charge in [-0.1, -0.05) is 13.0 Å². The van der Waals surface area contributed by atoms with E-state index in [9.17, 15) is 4.79 Å². The molecule has 1 amide bonds. The van der Waals surface area contributed by atoms with Crippen molar-refractivity contribution in [1.29, 1.82) is 0 Å². The molecule has 130 valence electrons. The van der Waals surface area contributed by atoms with Gasteiger partial charge in [0.2, 0.25) is 5.91 Å². The molecule has 1 saturated heterocycles. The van der Waals surface area contributed by atoms with Gasteiger partial charge in [-0.05, 0) is 50.2 Å². The fourth-order valence-electron chi connectivity index (χ4n) is 3.16. The lowest BCUT2D eigenvalue weighted by Crippen LogP contribution is -2.42. The summed E-state index contributed by atoms with van der Waals surface area (Å²) in [6, 6.07) is 4.57. The van der Waals surface area contributed by atoms with Crippen molar-refractivity contribution in [2.24, 2.45) is 5.92 Å². The van der Waals surface area contributed by atoms with Gasteiger partial charge in [-0.15, -0.1) is 22.7 Å².